The molecule has 1 heterocycles. The molecule has 27 heavy (non-hydrogen) atoms. The Morgan fingerprint density at radius 3 is 2.56 bits per heavy atom. The van der Waals surface area contributed by atoms with E-state index in [9.17, 15) is 9.59 Å². The molecule has 0 fully saturated rings. The van der Waals surface area contributed by atoms with Crippen molar-refractivity contribution in [1.82, 2.24) is 4.57 Å². The number of nitrogen functional groups attached to an aromatic ring is 1. The van der Waals surface area contributed by atoms with E-state index in [0.29, 0.717) is 11.3 Å². The van der Waals surface area contributed by atoms with Crippen LogP contribution in [0.4, 0.5) is 5.69 Å². The van der Waals surface area contributed by atoms with Gasteiger partial charge in [0.15, 0.2) is 0 Å². The number of esters is 1. The Bertz CT molecular complexity index is 1000. The number of hydrogen-bond acceptors (Lipinski definition) is 4. The number of fused-ring (bicyclic) bond motifs is 3. The lowest BCUT2D eigenvalue weighted by molar-refractivity contribution is 0.0489. The molecule has 5 heteroatoms. The summed E-state index contributed by atoms with van der Waals surface area (Å²) < 4.78 is 7.11. The van der Waals surface area contributed by atoms with Crippen molar-refractivity contribution in [2.75, 3.05) is 12.3 Å². The second kappa shape index (κ2) is 7.27. The van der Waals surface area contributed by atoms with Crippen LogP contribution in [-0.4, -0.2) is 23.1 Å². The first-order valence-corrected chi connectivity index (χ1v) is 9.32. The van der Waals surface area contributed by atoms with Gasteiger partial charge in [-0.3, -0.25) is 9.36 Å². The normalized spacial score (nSPS) is 13.3. The van der Waals surface area contributed by atoms with Gasteiger partial charge in [0.25, 0.3) is 0 Å². The van der Waals surface area contributed by atoms with Gasteiger partial charge >= 0.3 is 5.97 Å². The summed E-state index contributed by atoms with van der Waals surface area (Å²) in [6, 6.07) is 14.6. The van der Waals surface area contributed by atoms with Crippen LogP contribution < -0.4 is 5.73 Å². The summed E-state index contributed by atoms with van der Waals surface area (Å²) >= 11 is 0. The van der Waals surface area contributed by atoms with Gasteiger partial charge in [-0.05, 0) is 61.6 Å². The number of nitrogens with two attached hydrogens (primary N) is 1. The number of rotatable bonds is 4. The molecular formula is C22H22N2O3. The van der Waals surface area contributed by atoms with E-state index in [0.717, 1.165) is 36.9 Å². The van der Waals surface area contributed by atoms with Crippen LogP contribution in [0, 0.1) is 0 Å². The van der Waals surface area contributed by atoms with Crippen LogP contribution in [0.15, 0.2) is 48.5 Å². The Morgan fingerprint density at radius 1 is 1.00 bits per heavy atom. The summed E-state index contributed by atoms with van der Waals surface area (Å²) in [6.45, 7) is 0.0589. The van der Waals surface area contributed by atoms with E-state index in [1.165, 1.54) is 10.9 Å². The molecule has 0 bridgehead atoms. The lowest BCUT2D eigenvalue weighted by atomic mass is 9.95. The molecule has 0 atom stereocenters. The zero-order valence-electron chi connectivity index (χ0n) is 15.1. The minimum Gasteiger partial charge on any atom is -0.462 e. The van der Waals surface area contributed by atoms with Gasteiger partial charge in [-0.1, -0.05) is 18.2 Å². The molecule has 4 rings (SSSR count). The number of aryl methyl sites for hydroxylation is 1. The molecule has 0 amide bonds. The van der Waals surface area contributed by atoms with Crippen LogP contribution in [0.3, 0.4) is 0 Å². The number of nitrogens with zero attached hydrogens (tertiary/aromatic N) is 1. The van der Waals surface area contributed by atoms with Crippen molar-refractivity contribution >= 4 is 28.5 Å². The average Bonchev–Trinajstić information content (AvgIpc) is 3.03. The van der Waals surface area contributed by atoms with Gasteiger partial charge in [0, 0.05) is 16.8 Å². The molecule has 2 N–H and O–H groups in total. The van der Waals surface area contributed by atoms with Crippen molar-refractivity contribution in [3.63, 3.8) is 0 Å². The Balaban J connectivity index is 1.49. The molecule has 0 radical (unpaired) electrons. The predicted molar refractivity (Wildman–Crippen MR) is 105 cm³/mol. The maximum Gasteiger partial charge on any atom is 0.338 e. The Morgan fingerprint density at radius 2 is 1.74 bits per heavy atom. The van der Waals surface area contributed by atoms with E-state index in [1.807, 2.05) is 22.8 Å². The first kappa shape index (κ1) is 17.3. The summed E-state index contributed by atoms with van der Waals surface area (Å²) in [4.78, 5) is 25.0. The van der Waals surface area contributed by atoms with Crippen molar-refractivity contribution in [2.24, 2.45) is 0 Å². The van der Waals surface area contributed by atoms with Crippen LogP contribution in [0.25, 0.3) is 10.9 Å². The molecule has 138 valence electrons. The Hall–Kier alpha value is -3.08. The summed E-state index contributed by atoms with van der Waals surface area (Å²) in [5.41, 5.74) is 10.0. The number of carbonyl (C=O) groups excluding carboxylic acids is 2. The molecule has 1 aliphatic rings. The predicted octanol–water partition coefficient (Wildman–Crippen LogP) is 3.99. The molecule has 0 unspecified atom stereocenters. The molecule has 0 aliphatic heterocycles. The Labute approximate surface area is 157 Å². The topological polar surface area (TPSA) is 74.3 Å². The van der Waals surface area contributed by atoms with Crippen LogP contribution in [0.2, 0.25) is 0 Å². The third kappa shape index (κ3) is 3.33. The number of para-hydroxylation sites is 1. The molecule has 0 saturated heterocycles. The number of carbonyl (C=O) groups is 2. The van der Waals surface area contributed by atoms with Gasteiger partial charge in [-0.25, -0.2) is 4.79 Å². The quantitative estimate of drug-likeness (QED) is 0.562. The van der Waals surface area contributed by atoms with Crippen molar-refractivity contribution < 1.29 is 14.3 Å². The van der Waals surface area contributed by atoms with Gasteiger partial charge in [0.1, 0.15) is 6.61 Å². The summed E-state index contributed by atoms with van der Waals surface area (Å²) in [7, 11) is 0. The van der Waals surface area contributed by atoms with Crippen molar-refractivity contribution in [2.45, 2.75) is 32.1 Å². The number of aromatic nitrogens is 1. The van der Waals surface area contributed by atoms with Crippen LogP contribution in [0.1, 0.15) is 45.7 Å². The molecule has 0 spiro atoms. The standard InChI is InChI=1S/C22H22N2O3/c23-16-11-9-15(10-12-16)22(26)27-14-13-21(25)24-19-7-3-1-5-17(19)18-6-2-4-8-20(18)24/h1,3,5,7,9-12H,2,4,6,8,13-14,23H2. The molecule has 1 aromatic heterocycles. The highest BCUT2D eigenvalue weighted by Crippen LogP contribution is 2.32. The Kier molecular flexibility index (Phi) is 4.67. The van der Waals surface area contributed by atoms with E-state index >= 15 is 0 Å². The first-order chi connectivity index (χ1) is 13.1. The molecular weight excluding hydrogens is 340 g/mol. The molecule has 3 aromatic rings. The van der Waals surface area contributed by atoms with E-state index in [-0.39, 0.29) is 18.9 Å². The lowest BCUT2D eigenvalue weighted by Crippen LogP contribution is -2.18. The van der Waals surface area contributed by atoms with Gasteiger partial charge in [-0.15, -0.1) is 0 Å². The van der Waals surface area contributed by atoms with Crippen LogP contribution in [0.5, 0.6) is 0 Å². The molecule has 5 nitrogen and oxygen atoms in total. The third-order valence-electron chi connectivity index (χ3n) is 5.12. The third-order valence-corrected chi connectivity index (χ3v) is 5.12. The number of ether oxygens (including phenoxy) is 1. The summed E-state index contributed by atoms with van der Waals surface area (Å²) in [5, 5.41) is 1.17. The van der Waals surface area contributed by atoms with Crippen LogP contribution >= 0.6 is 0 Å². The van der Waals surface area contributed by atoms with Crippen molar-refractivity contribution in [1.29, 1.82) is 0 Å². The van der Waals surface area contributed by atoms with E-state index in [1.54, 1.807) is 24.3 Å². The highest BCUT2D eigenvalue weighted by atomic mass is 16.5. The minimum atomic E-state index is -0.442. The van der Waals surface area contributed by atoms with E-state index < -0.39 is 5.97 Å². The van der Waals surface area contributed by atoms with Crippen LogP contribution in [-0.2, 0) is 17.6 Å². The fraction of sp³-hybridized carbons (Fsp3) is 0.273. The number of benzene rings is 2. The highest BCUT2D eigenvalue weighted by Gasteiger charge is 2.23. The van der Waals surface area contributed by atoms with Gasteiger partial charge in [-0.2, -0.15) is 0 Å². The van der Waals surface area contributed by atoms with Gasteiger partial charge < -0.3 is 10.5 Å². The second-order valence-electron chi connectivity index (χ2n) is 6.89. The molecule has 0 saturated carbocycles. The smallest absolute Gasteiger partial charge is 0.338 e. The summed E-state index contributed by atoms with van der Waals surface area (Å²) in [5.74, 6) is -0.471. The van der Waals surface area contributed by atoms with Crippen molar-refractivity contribution in [3.05, 3.63) is 65.4 Å². The van der Waals surface area contributed by atoms with Gasteiger partial charge in [0.2, 0.25) is 5.91 Å². The maximum absolute atomic E-state index is 12.9. The minimum absolute atomic E-state index is 0.0283. The fourth-order valence-electron chi connectivity index (χ4n) is 3.83. The van der Waals surface area contributed by atoms with E-state index in [4.69, 9.17) is 10.5 Å². The van der Waals surface area contributed by atoms with E-state index in [2.05, 4.69) is 6.07 Å². The summed E-state index contributed by atoms with van der Waals surface area (Å²) in [6.07, 6.45) is 4.35. The zero-order chi connectivity index (χ0) is 18.8. The average molecular weight is 362 g/mol. The number of hydrogen-bond donors (Lipinski definition) is 1. The second-order valence-corrected chi connectivity index (χ2v) is 6.89. The van der Waals surface area contributed by atoms with Crippen molar-refractivity contribution in [3.8, 4) is 0 Å². The lowest BCUT2D eigenvalue weighted by Gasteiger charge is -2.15. The molecule has 2 aromatic carbocycles. The fourth-order valence-corrected chi connectivity index (χ4v) is 3.83. The zero-order valence-corrected chi connectivity index (χ0v) is 15.1. The SMILES string of the molecule is Nc1ccc(C(=O)OCCC(=O)n2c3c(c4ccccc42)CCCC3)cc1. The monoisotopic (exact) mass is 362 g/mol. The number of anilines is 1. The largest absolute Gasteiger partial charge is 0.462 e. The van der Waals surface area contributed by atoms with Gasteiger partial charge in [0.05, 0.1) is 17.5 Å². The maximum atomic E-state index is 12.9. The molecule has 1 aliphatic carbocycles. The first-order valence-electron chi connectivity index (χ1n) is 9.32. The highest BCUT2D eigenvalue weighted by molar-refractivity contribution is 5.96.